The molecule has 0 fully saturated rings. The Hall–Kier alpha value is -1.68. The van der Waals surface area contributed by atoms with Gasteiger partial charge in [-0.05, 0) is 25.5 Å². The Morgan fingerprint density at radius 3 is 2.76 bits per heavy atom. The van der Waals surface area contributed by atoms with Crippen molar-refractivity contribution in [2.24, 2.45) is 0 Å². The van der Waals surface area contributed by atoms with Gasteiger partial charge in [-0.1, -0.05) is 18.5 Å². The third-order valence-electron chi connectivity index (χ3n) is 2.20. The van der Waals surface area contributed by atoms with E-state index in [0.29, 0.717) is 16.8 Å². The standard InChI is InChI=1S/C12H12ClN3O/c1-3-9-10(5-4-8(2)15-9)17-12-7-14-6-11(13)16-12/h4-7H,3H2,1-2H3. The van der Waals surface area contributed by atoms with Crippen LogP contribution in [0.5, 0.6) is 11.6 Å². The minimum atomic E-state index is 0.306. The first-order chi connectivity index (χ1) is 8.19. The fourth-order valence-electron chi connectivity index (χ4n) is 1.43. The summed E-state index contributed by atoms with van der Waals surface area (Å²) in [7, 11) is 0. The van der Waals surface area contributed by atoms with Crippen LogP contribution in [0, 0.1) is 6.92 Å². The molecule has 4 nitrogen and oxygen atoms in total. The van der Waals surface area contributed by atoms with E-state index in [-0.39, 0.29) is 0 Å². The summed E-state index contributed by atoms with van der Waals surface area (Å²) in [5.74, 6) is 1.06. The second kappa shape index (κ2) is 5.10. The zero-order valence-corrected chi connectivity index (χ0v) is 10.4. The highest BCUT2D eigenvalue weighted by Gasteiger charge is 2.06. The van der Waals surface area contributed by atoms with Crippen LogP contribution in [0.15, 0.2) is 24.5 Å². The summed E-state index contributed by atoms with van der Waals surface area (Å²) in [6.45, 7) is 3.97. The van der Waals surface area contributed by atoms with Crippen LogP contribution in [-0.2, 0) is 6.42 Å². The van der Waals surface area contributed by atoms with E-state index in [0.717, 1.165) is 17.8 Å². The van der Waals surface area contributed by atoms with Crippen LogP contribution in [0.1, 0.15) is 18.3 Å². The second-order valence-corrected chi connectivity index (χ2v) is 3.92. The van der Waals surface area contributed by atoms with Gasteiger partial charge < -0.3 is 4.74 Å². The number of halogens is 1. The average Bonchev–Trinajstić information content (AvgIpc) is 2.31. The van der Waals surface area contributed by atoms with Crippen LogP contribution in [0.25, 0.3) is 0 Å². The first-order valence-corrected chi connectivity index (χ1v) is 5.68. The van der Waals surface area contributed by atoms with Crippen LogP contribution in [0.3, 0.4) is 0 Å². The molecule has 5 heteroatoms. The van der Waals surface area contributed by atoms with Crippen LogP contribution in [0.2, 0.25) is 5.15 Å². The normalized spacial score (nSPS) is 10.3. The van der Waals surface area contributed by atoms with E-state index >= 15 is 0 Å². The highest BCUT2D eigenvalue weighted by molar-refractivity contribution is 6.29. The first-order valence-electron chi connectivity index (χ1n) is 5.31. The third kappa shape index (κ3) is 2.91. The zero-order chi connectivity index (χ0) is 12.3. The van der Waals surface area contributed by atoms with E-state index in [2.05, 4.69) is 15.0 Å². The highest BCUT2D eigenvalue weighted by Crippen LogP contribution is 2.23. The van der Waals surface area contributed by atoms with E-state index in [9.17, 15) is 0 Å². The molecule has 88 valence electrons. The van der Waals surface area contributed by atoms with Gasteiger partial charge >= 0.3 is 0 Å². The maximum Gasteiger partial charge on any atom is 0.239 e. The van der Waals surface area contributed by atoms with Crippen molar-refractivity contribution in [3.05, 3.63) is 41.1 Å². The van der Waals surface area contributed by atoms with Crippen molar-refractivity contribution in [2.45, 2.75) is 20.3 Å². The lowest BCUT2D eigenvalue weighted by molar-refractivity contribution is 0.451. The Labute approximate surface area is 105 Å². The molecule has 0 bridgehead atoms. The molecule has 0 saturated carbocycles. The molecule has 0 spiro atoms. The number of hydrogen-bond donors (Lipinski definition) is 0. The molecule has 0 aliphatic carbocycles. The van der Waals surface area contributed by atoms with Gasteiger partial charge in [0.1, 0.15) is 0 Å². The number of aromatic nitrogens is 3. The molecule has 17 heavy (non-hydrogen) atoms. The van der Waals surface area contributed by atoms with Crippen LogP contribution >= 0.6 is 11.6 Å². The summed E-state index contributed by atoms with van der Waals surface area (Å²) in [6.07, 6.45) is 3.78. The summed E-state index contributed by atoms with van der Waals surface area (Å²) in [4.78, 5) is 12.3. The Kier molecular flexibility index (Phi) is 3.54. The quantitative estimate of drug-likeness (QED) is 0.838. The molecule has 0 N–H and O–H groups in total. The first kappa shape index (κ1) is 11.8. The fraction of sp³-hybridized carbons (Fsp3) is 0.250. The molecule has 2 heterocycles. The largest absolute Gasteiger partial charge is 0.436 e. The molecular formula is C12H12ClN3O. The lowest BCUT2D eigenvalue weighted by Crippen LogP contribution is -1.97. The minimum absolute atomic E-state index is 0.306. The lowest BCUT2D eigenvalue weighted by atomic mass is 10.2. The van der Waals surface area contributed by atoms with E-state index in [1.807, 2.05) is 26.0 Å². The molecule has 2 aromatic heterocycles. The van der Waals surface area contributed by atoms with Crippen molar-refractivity contribution in [2.75, 3.05) is 0 Å². The van der Waals surface area contributed by atoms with Gasteiger partial charge in [-0.15, -0.1) is 0 Å². The van der Waals surface area contributed by atoms with E-state index in [1.54, 1.807) is 0 Å². The van der Waals surface area contributed by atoms with E-state index in [4.69, 9.17) is 16.3 Å². The van der Waals surface area contributed by atoms with Crippen molar-refractivity contribution in [1.82, 2.24) is 15.0 Å². The van der Waals surface area contributed by atoms with Gasteiger partial charge in [-0.3, -0.25) is 9.97 Å². The molecule has 0 atom stereocenters. The average molecular weight is 250 g/mol. The topological polar surface area (TPSA) is 47.9 Å². The predicted molar refractivity (Wildman–Crippen MR) is 65.5 cm³/mol. The van der Waals surface area contributed by atoms with Crippen LogP contribution in [0.4, 0.5) is 0 Å². The number of rotatable bonds is 3. The second-order valence-electron chi connectivity index (χ2n) is 3.53. The molecule has 2 rings (SSSR count). The number of pyridine rings is 1. The predicted octanol–water partition coefficient (Wildman–Crippen LogP) is 3.19. The fourth-order valence-corrected chi connectivity index (χ4v) is 1.57. The van der Waals surface area contributed by atoms with Gasteiger partial charge in [0.25, 0.3) is 0 Å². The highest BCUT2D eigenvalue weighted by atomic mass is 35.5. The summed E-state index contributed by atoms with van der Waals surface area (Å²) >= 11 is 5.74. The monoisotopic (exact) mass is 249 g/mol. The van der Waals surface area contributed by atoms with E-state index in [1.165, 1.54) is 12.4 Å². The number of aryl methyl sites for hydroxylation is 2. The SMILES string of the molecule is CCc1nc(C)ccc1Oc1cncc(Cl)n1. The Morgan fingerprint density at radius 2 is 2.06 bits per heavy atom. The van der Waals surface area contributed by atoms with Crippen molar-refractivity contribution >= 4 is 11.6 Å². The molecule has 0 unspecified atom stereocenters. The van der Waals surface area contributed by atoms with Gasteiger partial charge in [-0.2, -0.15) is 4.98 Å². The molecule has 0 saturated heterocycles. The maximum absolute atomic E-state index is 5.74. The number of hydrogen-bond acceptors (Lipinski definition) is 4. The Morgan fingerprint density at radius 1 is 1.24 bits per heavy atom. The van der Waals surface area contributed by atoms with Crippen LogP contribution in [-0.4, -0.2) is 15.0 Å². The smallest absolute Gasteiger partial charge is 0.239 e. The Balaban J connectivity index is 2.29. The molecular weight excluding hydrogens is 238 g/mol. The van der Waals surface area contributed by atoms with Crippen molar-refractivity contribution in [1.29, 1.82) is 0 Å². The van der Waals surface area contributed by atoms with Gasteiger partial charge in [0, 0.05) is 5.69 Å². The molecule has 0 aromatic carbocycles. The van der Waals surface area contributed by atoms with Crippen molar-refractivity contribution < 1.29 is 4.74 Å². The van der Waals surface area contributed by atoms with Crippen molar-refractivity contribution in [3.63, 3.8) is 0 Å². The number of nitrogens with zero attached hydrogens (tertiary/aromatic N) is 3. The van der Waals surface area contributed by atoms with Crippen molar-refractivity contribution in [3.8, 4) is 11.6 Å². The summed E-state index contributed by atoms with van der Waals surface area (Å²) < 4.78 is 5.62. The number of ether oxygens (including phenoxy) is 1. The lowest BCUT2D eigenvalue weighted by Gasteiger charge is -2.08. The minimum Gasteiger partial charge on any atom is -0.436 e. The van der Waals surface area contributed by atoms with Gasteiger partial charge in [0.05, 0.1) is 18.1 Å². The molecule has 0 amide bonds. The molecule has 2 aromatic rings. The molecule has 0 radical (unpaired) electrons. The van der Waals surface area contributed by atoms with Crippen LogP contribution < -0.4 is 4.74 Å². The Bertz CT molecular complexity index is 531. The summed E-state index contributed by atoms with van der Waals surface area (Å²) in [6, 6.07) is 3.77. The van der Waals surface area contributed by atoms with Gasteiger partial charge in [0.2, 0.25) is 5.88 Å². The molecule has 0 aliphatic rings. The summed E-state index contributed by atoms with van der Waals surface area (Å²) in [5, 5.41) is 0.306. The summed E-state index contributed by atoms with van der Waals surface area (Å²) in [5.41, 5.74) is 1.86. The third-order valence-corrected chi connectivity index (χ3v) is 2.39. The van der Waals surface area contributed by atoms with Gasteiger partial charge in [-0.25, -0.2) is 0 Å². The maximum atomic E-state index is 5.74. The zero-order valence-electron chi connectivity index (χ0n) is 9.64. The van der Waals surface area contributed by atoms with E-state index < -0.39 is 0 Å². The molecule has 0 aliphatic heterocycles. The van der Waals surface area contributed by atoms with Gasteiger partial charge in [0.15, 0.2) is 10.9 Å².